The first-order valence-corrected chi connectivity index (χ1v) is 5.41. The number of rotatable bonds is 4. The molecule has 0 fully saturated rings. The highest BCUT2D eigenvalue weighted by molar-refractivity contribution is 5.65. The largest absolute Gasteiger partial charge is 0.397 e. The molecule has 4 nitrogen and oxygen atoms in total. The summed E-state index contributed by atoms with van der Waals surface area (Å²) < 4.78 is 14.7. The zero-order valence-electron chi connectivity index (χ0n) is 9.65. The lowest BCUT2D eigenvalue weighted by molar-refractivity contribution is 0.628. The number of nitrogens with one attached hydrogen (secondary N) is 1. The van der Waals surface area contributed by atoms with Crippen molar-refractivity contribution in [3.8, 4) is 0 Å². The second-order valence-electron chi connectivity index (χ2n) is 3.93. The van der Waals surface area contributed by atoms with Crippen molar-refractivity contribution >= 4 is 11.4 Å². The average Bonchev–Trinajstić information content (AvgIpc) is 2.69. The first-order chi connectivity index (χ1) is 8.15. The Morgan fingerprint density at radius 2 is 2.29 bits per heavy atom. The normalized spacial score (nSPS) is 10.5. The van der Waals surface area contributed by atoms with Gasteiger partial charge in [-0.2, -0.15) is 5.10 Å². The Morgan fingerprint density at radius 3 is 3.00 bits per heavy atom. The second-order valence-corrected chi connectivity index (χ2v) is 3.93. The fourth-order valence-electron chi connectivity index (χ4n) is 1.62. The van der Waals surface area contributed by atoms with Gasteiger partial charge in [0.15, 0.2) is 0 Å². The molecular formula is C12H15FN4. The highest BCUT2D eigenvalue weighted by Crippen LogP contribution is 2.18. The van der Waals surface area contributed by atoms with Gasteiger partial charge in [-0.3, -0.25) is 4.68 Å². The molecule has 17 heavy (non-hydrogen) atoms. The summed E-state index contributed by atoms with van der Waals surface area (Å²) in [6, 6.07) is 4.31. The molecule has 0 amide bonds. The fraction of sp³-hybridized carbons (Fsp3) is 0.250. The van der Waals surface area contributed by atoms with Gasteiger partial charge in [0, 0.05) is 19.8 Å². The lowest BCUT2D eigenvalue weighted by Gasteiger charge is -2.08. The zero-order chi connectivity index (χ0) is 12.3. The highest BCUT2D eigenvalue weighted by atomic mass is 19.1. The minimum absolute atomic E-state index is 0.289. The maximum absolute atomic E-state index is 13.0. The van der Waals surface area contributed by atoms with Crippen molar-refractivity contribution in [1.29, 1.82) is 0 Å². The van der Waals surface area contributed by atoms with Gasteiger partial charge >= 0.3 is 0 Å². The summed E-state index contributed by atoms with van der Waals surface area (Å²) in [5.74, 6) is -0.289. The Morgan fingerprint density at radius 1 is 1.47 bits per heavy atom. The van der Waals surface area contributed by atoms with Gasteiger partial charge in [0.25, 0.3) is 0 Å². The molecular weight excluding hydrogens is 219 g/mol. The van der Waals surface area contributed by atoms with Crippen molar-refractivity contribution in [3.05, 3.63) is 42.0 Å². The van der Waals surface area contributed by atoms with Crippen LogP contribution in [0.25, 0.3) is 0 Å². The van der Waals surface area contributed by atoms with Crippen molar-refractivity contribution in [2.75, 3.05) is 17.6 Å². The van der Waals surface area contributed by atoms with Crippen molar-refractivity contribution in [2.24, 2.45) is 7.05 Å². The van der Waals surface area contributed by atoms with E-state index in [1.165, 1.54) is 12.1 Å². The van der Waals surface area contributed by atoms with Crippen molar-refractivity contribution in [2.45, 2.75) is 6.42 Å². The number of benzene rings is 1. The van der Waals surface area contributed by atoms with Gasteiger partial charge < -0.3 is 11.1 Å². The molecule has 0 atom stereocenters. The van der Waals surface area contributed by atoms with Crippen LogP contribution in [-0.4, -0.2) is 16.3 Å². The standard InChI is InChI=1S/C12H15FN4/c1-17-8-9(7-16-17)4-5-15-12-6-10(13)2-3-11(12)14/h2-3,6-8,15H,4-5,14H2,1H3. The number of hydrogen-bond donors (Lipinski definition) is 2. The summed E-state index contributed by atoms with van der Waals surface area (Å²) in [6.07, 6.45) is 4.59. The summed E-state index contributed by atoms with van der Waals surface area (Å²) >= 11 is 0. The number of nitrogens with two attached hydrogens (primary N) is 1. The molecule has 1 aromatic heterocycles. The third kappa shape index (κ3) is 2.96. The number of halogens is 1. The molecule has 0 aliphatic rings. The first-order valence-electron chi connectivity index (χ1n) is 5.41. The van der Waals surface area contributed by atoms with Crippen molar-refractivity contribution in [3.63, 3.8) is 0 Å². The lowest BCUT2D eigenvalue weighted by Crippen LogP contribution is -2.06. The number of hydrogen-bond acceptors (Lipinski definition) is 3. The molecule has 0 bridgehead atoms. The van der Waals surface area contributed by atoms with Crippen LogP contribution in [0.1, 0.15) is 5.56 Å². The maximum Gasteiger partial charge on any atom is 0.125 e. The number of anilines is 2. The molecule has 1 heterocycles. The highest BCUT2D eigenvalue weighted by Gasteiger charge is 2.01. The van der Waals surface area contributed by atoms with E-state index in [0.717, 1.165) is 12.0 Å². The van der Waals surface area contributed by atoms with E-state index in [1.807, 2.05) is 19.4 Å². The molecule has 0 unspecified atom stereocenters. The van der Waals surface area contributed by atoms with Crippen LogP contribution in [-0.2, 0) is 13.5 Å². The van der Waals surface area contributed by atoms with E-state index in [0.29, 0.717) is 17.9 Å². The van der Waals surface area contributed by atoms with Gasteiger partial charge in [0.2, 0.25) is 0 Å². The van der Waals surface area contributed by atoms with E-state index in [2.05, 4.69) is 10.4 Å². The number of aromatic nitrogens is 2. The third-order valence-corrected chi connectivity index (χ3v) is 2.50. The van der Waals surface area contributed by atoms with E-state index in [4.69, 9.17) is 5.73 Å². The van der Waals surface area contributed by atoms with Crippen LogP contribution in [0.4, 0.5) is 15.8 Å². The third-order valence-electron chi connectivity index (χ3n) is 2.50. The van der Waals surface area contributed by atoms with Crippen LogP contribution in [0.15, 0.2) is 30.6 Å². The average molecular weight is 234 g/mol. The van der Waals surface area contributed by atoms with Gasteiger partial charge in [0.1, 0.15) is 5.82 Å². The van der Waals surface area contributed by atoms with Crippen LogP contribution >= 0.6 is 0 Å². The van der Waals surface area contributed by atoms with E-state index in [9.17, 15) is 4.39 Å². The zero-order valence-corrected chi connectivity index (χ0v) is 9.65. The van der Waals surface area contributed by atoms with E-state index < -0.39 is 0 Å². The Kier molecular flexibility index (Phi) is 3.27. The van der Waals surface area contributed by atoms with E-state index in [1.54, 1.807) is 10.7 Å². The summed E-state index contributed by atoms with van der Waals surface area (Å²) in [5, 5.41) is 7.19. The Hall–Kier alpha value is -2.04. The van der Waals surface area contributed by atoms with Crippen LogP contribution in [0.3, 0.4) is 0 Å². The number of nitrogen functional groups attached to an aromatic ring is 1. The molecule has 0 saturated carbocycles. The molecule has 90 valence electrons. The monoisotopic (exact) mass is 234 g/mol. The predicted octanol–water partition coefficient (Wildman–Crippen LogP) is 1.80. The molecule has 0 spiro atoms. The lowest BCUT2D eigenvalue weighted by atomic mass is 10.2. The van der Waals surface area contributed by atoms with Gasteiger partial charge in [-0.1, -0.05) is 0 Å². The van der Waals surface area contributed by atoms with Crippen molar-refractivity contribution < 1.29 is 4.39 Å². The number of nitrogens with zero attached hydrogens (tertiary/aromatic N) is 2. The summed E-state index contributed by atoms with van der Waals surface area (Å²) in [6.45, 7) is 0.694. The summed E-state index contributed by atoms with van der Waals surface area (Å²) in [5.41, 5.74) is 8.05. The minimum atomic E-state index is -0.289. The SMILES string of the molecule is Cn1cc(CCNc2cc(F)ccc2N)cn1. The maximum atomic E-state index is 13.0. The Labute approximate surface area is 99.2 Å². The first kappa shape index (κ1) is 11.4. The van der Waals surface area contributed by atoms with E-state index in [-0.39, 0.29) is 5.82 Å². The smallest absolute Gasteiger partial charge is 0.125 e. The summed E-state index contributed by atoms with van der Waals surface area (Å²) in [7, 11) is 1.88. The second kappa shape index (κ2) is 4.86. The Bertz CT molecular complexity index is 507. The molecule has 0 aliphatic heterocycles. The molecule has 2 rings (SSSR count). The summed E-state index contributed by atoms with van der Waals surface area (Å²) in [4.78, 5) is 0. The van der Waals surface area contributed by atoms with E-state index >= 15 is 0 Å². The number of aryl methyl sites for hydroxylation is 1. The van der Waals surface area contributed by atoms with Crippen LogP contribution < -0.4 is 11.1 Å². The minimum Gasteiger partial charge on any atom is -0.397 e. The van der Waals surface area contributed by atoms with Crippen molar-refractivity contribution in [1.82, 2.24) is 9.78 Å². The Balaban J connectivity index is 1.91. The molecule has 2 aromatic rings. The molecule has 3 N–H and O–H groups in total. The van der Waals surface area contributed by atoms with Crippen LogP contribution in [0.5, 0.6) is 0 Å². The van der Waals surface area contributed by atoms with Crippen LogP contribution in [0.2, 0.25) is 0 Å². The predicted molar refractivity (Wildman–Crippen MR) is 66.2 cm³/mol. The topological polar surface area (TPSA) is 55.9 Å². The quantitative estimate of drug-likeness (QED) is 0.793. The van der Waals surface area contributed by atoms with Crippen LogP contribution in [0, 0.1) is 5.82 Å². The van der Waals surface area contributed by atoms with Gasteiger partial charge in [-0.05, 0) is 30.2 Å². The molecule has 0 aliphatic carbocycles. The van der Waals surface area contributed by atoms with Gasteiger partial charge in [-0.15, -0.1) is 0 Å². The molecule has 0 saturated heterocycles. The van der Waals surface area contributed by atoms with Gasteiger partial charge in [-0.25, -0.2) is 4.39 Å². The van der Waals surface area contributed by atoms with Gasteiger partial charge in [0.05, 0.1) is 17.6 Å². The molecule has 5 heteroatoms. The molecule has 1 aromatic carbocycles. The fourth-order valence-corrected chi connectivity index (χ4v) is 1.62. The molecule has 0 radical (unpaired) electrons.